The Morgan fingerprint density at radius 1 is 0.484 bits per heavy atom. The summed E-state index contributed by atoms with van der Waals surface area (Å²) in [4.78, 5) is 40.5. The summed E-state index contributed by atoms with van der Waals surface area (Å²) in [6.07, 6.45) is 9.51. The highest BCUT2D eigenvalue weighted by molar-refractivity contribution is 7.91. The highest BCUT2D eigenvalue weighted by Crippen LogP contribution is 2.09. The van der Waals surface area contributed by atoms with Crippen molar-refractivity contribution in [2.75, 3.05) is 132 Å². The first-order valence-corrected chi connectivity index (χ1v) is 28.2. The maximum absolute atomic E-state index is 10.6. The largest absolute Gasteiger partial charge is 0.466 e. The number of nitrogens with one attached hydrogen (secondary N) is 9. The molecule has 9 N–H and O–H groups in total. The van der Waals surface area contributed by atoms with Gasteiger partial charge in [-0.2, -0.15) is 0 Å². The monoisotopic (exact) mass is 963 g/mol. The molecule has 0 aromatic rings. The van der Waals surface area contributed by atoms with Crippen molar-refractivity contribution in [2.24, 2.45) is 0 Å². The van der Waals surface area contributed by atoms with Crippen LogP contribution in [0.5, 0.6) is 0 Å². The molecule has 0 aromatic carbocycles. The summed E-state index contributed by atoms with van der Waals surface area (Å²) in [5.74, 6) is 3.74. The second-order valence-corrected chi connectivity index (χ2v) is 23.0. The lowest BCUT2D eigenvalue weighted by Gasteiger charge is -2.11. The molecule has 9 saturated heterocycles. The number of rotatable bonds is 0. The van der Waals surface area contributed by atoms with Crippen LogP contribution in [0.2, 0.25) is 0 Å². The molecule has 0 aliphatic carbocycles. The number of urea groups is 1. The van der Waals surface area contributed by atoms with Gasteiger partial charge in [0.15, 0.2) is 9.84 Å². The first-order chi connectivity index (χ1) is 29.5. The van der Waals surface area contributed by atoms with Crippen LogP contribution in [0.3, 0.4) is 0 Å². The molecule has 9 rings (SSSR count). The number of carbonyl (C=O) groups excluding carboxylic acids is 4. The number of esters is 1. The van der Waals surface area contributed by atoms with E-state index in [1.165, 1.54) is 31.4 Å². The lowest BCUT2D eigenvalue weighted by Crippen LogP contribution is -2.44. The van der Waals surface area contributed by atoms with Crippen LogP contribution in [0.15, 0.2) is 12.2 Å². The quantitative estimate of drug-likeness (QED) is 0.0888. The average Bonchev–Trinajstić information content (AvgIpc) is 4.11. The molecular formula is C37H73N9O12S4. The van der Waals surface area contributed by atoms with Crippen LogP contribution in [0, 0.1) is 0 Å². The van der Waals surface area contributed by atoms with Gasteiger partial charge in [0.2, 0.25) is 21.8 Å². The van der Waals surface area contributed by atoms with Crippen LogP contribution in [0.4, 0.5) is 4.79 Å². The normalized spacial score (nSPS) is 24.0. The summed E-state index contributed by atoms with van der Waals surface area (Å²) in [6.45, 7) is 15.3. The lowest BCUT2D eigenvalue weighted by atomic mass is 10.1. The van der Waals surface area contributed by atoms with Crippen molar-refractivity contribution in [1.82, 2.24) is 47.3 Å². The molecule has 4 amide bonds. The van der Waals surface area contributed by atoms with Crippen molar-refractivity contribution in [3.63, 3.8) is 0 Å². The maximum Gasteiger partial charge on any atom is 0.314 e. The van der Waals surface area contributed by atoms with Gasteiger partial charge in [-0.3, -0.25) is 18.6 Å². The first-order valence-electron chi connectivity index (χ1n) is 21.4. The summed E-state index contributed by atoms with van der Waals surface area (Å²) in [6, 6.07) is -0.0463. The molecule has 0 radical (unpaired) electrons. The molecule has 0 saturated carbocycles. The Bertz CT molecular complexity index is 1490. The zero-order valence-electron chi connectivity index (χ0n) is 36.2. The van der Waals surface area contributed by atoms with Gasteiger partial charge >= 0.3 is 12.0 Å². The molecule has 21 nitrogen and oxygen atoms in total. The fourth-order valence-corrected chi connectivity index (χ4v) is 10.3. The molecule has 62 heavy (non-hydrogen) atoms. The molecule has 25 heteroatoms. The summed E-state index contributed by atoms with van der Waals surface area (Å²) in [5.41, 5.74) is 1.41. The maximum atomic E-state index is 10.6. The van der Waals surface area contributed by atoms with E-state index in [0.717, 1.165) is 102 Å². The zero-order valence-corrected chi connectivity index (χ0v) is 39.4. The SMILES string of the molecule is C=C1CCCNCC1.O=C1CCCN1.O=C1CCCO1.O=C1CNCCN1.O=C1NCCN1.O=S1(=O)CCCC1.O=S1(=O)CCCN1.O=S1(=O)CCNCC1.O=S1CCNCC1. The van der Waals surface area contributed by atoms with Crippen molar-refractivity contribution in [3.05, 3.63) is 12.2 Å². The van der Waals surface area contributed by atoms with E-state index in [1.54, 1.807) is 0 Å². The second kappa shape index (κ2) is 34.6. The Hall–Kier alpha value is -2.78. The number of piperazine rings is 1. The van der Waals surface area contributed by atoms with E-state index in [0.29, 0.717) is 68.0 Å². The third-order valence-electron chi connectivity index (χ3n) is 9.10. The second-order valence-electron chi connectivity index (χ2n) is 14.8. The number of carbonyl (C=O) groups is 4. The fraction of sp³-hybridized carbons (Fsp3) is 0.838. The number of cyclic esters (lactones) is 1. The topological polar surface area (TPSA) is 305 Å². The number of ether oxygens (including phenoxy) is 1. The number of amides is 4. The van der Waals surface area contributed by atoms with Gasteiger partial charge in [-0.1, -0.05) is 12.2 Å². The number of sulfone groups is 2. The highest BCUT2D eigenvalue weighted by Gasteiger charge is 2.17. The predicted molar refractivity (Wildman–Crippen MR) is 242 cm³/mol. The van der Waals surface area contributed by atoms with Crippen LogP contribution in [0.1, 0.15) is 64.2 Å². The summed E-state index contributed by atoms with van der Waals surface area (Å²) in [7, 11) is -8.49. The lowest BCUT2D eigenvalue weighted by molar-refractivity contribution is -0.138. The highest BCUT2D eigenvalue weighted by atomic mass is 32.2. The van der Waals surface area contributed by atoms with Crippen molar-refractivity contribution < 1.29 is 53.4 Å². The smallest absolute Gasteiger partial charge is 0.314 e. The molecule has 9 aliphatic heterocycles. The van der Waals surface area contributed by atoms with E-state index >= 15 is 0 Å². The molecule has 9 aliphatic rings. The van der Waals surface area contributed by atoms with E-state index in [4.69, 9.17) is 0 Å². The Morgan fingerprint density at radius 2 is 1.06 bits per heavy atom. The van der Waals surface area contributed by atoms with Gasteiger partial charge in [0.05, 0.1) is 41.9 Å². The molecule has 0 bridgehead atoms. The predicted octanol–water partition coefficient (Wildman–Crippen LogP) is -2.61. The minimum absolute atomic E-state index is 0.0463. The van der Waals surface area contributed by atoms with E-state index in [2.05, 4.69) is 58.6 Å². The van der Waals surface area contributed by atoms with E-state index in [-0.39, 0.29) is 23.8 Å². The summed E-state index contributed by atoms with van der Waals surface area (Å²) >= 11 is 0. The van der Waals surface area contributed by atoms with Gasteiger partial charge in [-0.05, 0) is 64.5 Å². The number of hydrogen-bond donors (Lipinski definition) is 9. The Morgan fingerprint density at radius 3 is 1.35 bits per heavy atom. The van der Waals surface area contributed by atoms with Crippen molar-refractivity contribution >= 4 is 64.3 Å². The van der Waals surface area contributed by atoms with Crippen LogP contribution in [-0.2, 0) is 59.6 Å². The fourth-order valence-electron chi connectivity index (χ4n) is 5.58. The number of sulfonamides is 1. The Labute approximate surface area is 371 Å². The standard InChI is InChI=1S/C7H13N.C4H8N2O.C4H9NO2S.C4H9NOS.C4H7NO.C4H8O2S.C4H6O2.C3H6N2O.C3H7NO2S/c1-7-3-2-5-8-6-4-7;7-4-3-5-1-2-6-4;6-8(7)3-1-5-2-4-8;6-7-3-1-5-2-4-7;6-4-2-1-3-5-4;5-7(6)3-1-2-4-7;5-4-2-1-3-6-4;6-3-4-1-2-5-3;5-7(6)3-1-2-4-7/h8H,1-6H2;5H,1-3H2,(H,6,7);5H,1-4H2;5H,1-4H2;1-3H2,(H,5,6);1-4H2;1-3H2;1-2H2,(H2,4,5,6);4H,1-3H2. The van der Waals surface area contributed by atoms with Gasteiger partial charge in [0.1, 0.15) is 9.84 Å². The molecule has 9 heterocycles. The Kier molecular flexibility index (Phi) is 31.9. The minimum Gasteiger partial charge on any atom is -0.466 e. The molecule has 0 atom stereocenters. The van der Waals surface area contributed by atoms with Crippen LogP contribution in [0.25, 0.3) is 0 Å². The molecule has 9 fully saturated rings. The zero-order chi connectivity index (χ0) is 46.0. The summed E-state index contributed by atoms with van der Waals surface area (Å²) in [5, 5.41) is 22.8. The van der Waals surface area contributed by atoms with Crippen molar-refractivity contribution in [2.45, 2.75) is 64.2 Å². The molecule has 0 unspecified atom stereocenters. The van der Waals surface area contributed by atoms with Gasteiger partial charge in [-0.25, -0.2) is 34.8 Å². The van der Waals surface area contributed by atoms with Crippen LogP contribution in [-0.4, -0.2) is 185 Å². The average molecular weight is 964 g/mol. The van der Waals surface area contributed by atoms with Gasteiger partial charge in [0, 0.05) is 101 Å². The van der Waals surface area contributed by atoms with E-state index in [9.17, 15) is 48.6 Å². The molecular weight excluding hydrogens is 891 g/mol. The first kappa shape index (κ1) is 57.2. The van der Waals surface area contributed by atoms with Crippen LogP contribution < -0.4 is 47.3 Å². The van der Waals surface area contributed by atoms with E-state index < -0.39 is 40.5 Å². The molecule has 0 aromatic heterocycles. The van der Waals surface area contributed by atoms with Gasteiger partial charge in [-0.15, -0.1) is 0 Å². The Balaban J connectivity index is 0.000000349. The molecule has 0 spiro atoms. The van der Waals surface area contributed by atoms with Gasteiger partial charge in [0.25, 0.3) is 0 Å². The van der Waals surface area contributed by atoms with Crippen molar-refractivity contribution in [1.29, 1.82) is 0 Å². The van der Waals surface area contributed by atoms with Gasteiger partial charge < -0.3 is 47.3 Å². The minimum atomic E-state index is -2.80. The van der Waals surface area contributed by atoms with E-state index in [1.807, 2.05) is 0 Å². The third-order valence-corrected chi connectivity index (χ3v) is 15.4. The third kappa shape index (κ3) is 35.7. The molecule has 362 valence electrons. The summed E-state index contributed by atoms with van der Waals surface area (Å²) < 4.78 is 80.1. The van der Waals surface area contributed by atoms with Crippen LogP contribution >= 0.6 is 0 Å². The van der Waals surface area contributed by atoms with Crippen molar-refractivity contribution in [3.8, 4) is 0 Å². The number of hydrogen-bond acceptors (Lipinski definition) is 16.